The third-order valence-corrected chi connectivity index (χ3v) is 6.88. The first-order chi connectivity index (χ1) is 18.7. The number of amides is 1. The highest BCUT2D eigenvalue weighted by Gasteiger charge is 2.25. The first kappa shape index (κ1) is 26.7. The molecule has 4 aromatic rings. The van der Waals surface area contributed by atoms with Gasteiger partial charge in [-0.3, -0.25) is 4.40 Å². The van der Waals surface area contributed by atoms with Crippen LogP contribution in [0.1, 0.15) is 39.2 Å². The summed E-state index contributed by atoms with van der Waals surface area (Å²) in [6, 6.07) is 12.4. The highest BCUT2D eigenvalue weighted by molar-refractivity contribution is 5.94. The lowest BCUT2D eigenvalue weighted by Gasteiger charge is -2.34. The molecule has 0 saturated carbocycles. The van der Waals surface area contributed by atoms with Crippen LogP contribution in [-0.4, -0.2) is 65.5 Å². The van der Waals surface area contributed by atoms with Gasteiger partial charge in [-0.2, -0.15) is 0 Å². The van der Waals surface area contributed by atoms with Gasteiger partial charge in [-0.05, 0) is 64.3 Å². The van der Waals surface area contributed by atoms with E-state index in [0.29, 0.717) is 13.2 Å². The van der Waals surface area contributed by atoms with Gasteiger partial charge in [0.15, 0.2) is 0 Å². The quantitative estimate of drug-likeness (QED) is 0.320. The summed E-state index contributed by atoms with van der Waals surface area (Å²) in [7, 11) is 1.66. The SMILES string of the molecule is COCCOc1ccn2c(-c3cc(C)c4cccc(N5CCC(NC(=O)OC(C)(C)C)CC5)c4n3)cnc2c1. The number of carbonyl (C=O) groups is 1. The number of hydrogen-bond donors (Lipinski definition) is 1. The van der Waals surface area contributed by atoms with Crippen LogP contribution in [0.2, 0.25) is 0 Å². The van der Waals surface area contributed by atoms with E-state index in [9.17, 15) is 4.79 Å². The lowest BCUT2D eigenvalue weighted by molar-refractivity contribution is 0.0497. The minimum absolute atomic E-state index is 0.0952. The van der Waals surface area contributed by atoms with Crippen LogP contribution < -0.4 is 15.0 Å². The molecule has 4 heterocycles. The van der Waals surface area contributed by atoms with Crippen molar-refractivity contribution in [2.24, 2.45) is 0 Å². The van der Waals surface area contributed by atoms with Gasteiger partial charge in [0.1, 0.15) is 23.6 Å². The first-order valence-corrected chi connectivity index (χ1v) is 13.5. The van der Waals surface area contributed by atoms with Crippen molar-refractivity contribution in [3.63, 3.8) is 0 Å². The number of hydrogen-bond acceptors (Lipinski definition) is 7. The molecule has 39 heavy (non-hydrogen) atoms. The van der Waals surface area contributed by atoms with Gasteiger partial charge in [0.05, 0.1) is 35.4 Å². The molecule has 1 N–H and O–H groups in total. The summed E-state index contributed by atoms with van der Waals surface area (Å²) in [5, 5.41) is 4.16. The van der Waals surface area contributed by atoms with E-state index in [0.717, 1.165) is 70.9 Å². The summed E-state index contributed by atoms with van der Waals surface area (Å²) in [6.45, 7) is 10.4. The van der Waals surface area contributed by atoms with Crippen molar-refractivity contribution in [3.8, 4) is 17.1 Å². The van der Waals surface area contributed by atoms with Gasteiger partial charge >= 0.3 is 6.09 Å². The Morgan fingerprint density at radius 3 is 2.67 bits per heavy atom. The van der Waals surface area contributed by atoms with E-state index in [-0.39, 0.29) is 12.1 Å². The van der Waals surface area contributed by atoms with Crippen LogP contribution in [0.4, 0.5) is 10.5 Å². The second-order valence-electron chi connectivity index (χ2n) is 11.0. The molecule has 0 bridgehead atoms. The number of fused-ring (bicyclic) bond motifs is 2. The Hall–Kier alpha value is -3.85. The zero-order valence-corrected chi connectivity index (χ0v) is 23.4. The van der Waals surface area contributed by atoms with Gasteiger partial charge in [0, 0.05) is 43.9 Å². The maximum Gasteiger partial charge on any atom is 0.407 e. The van der Waals surface area contributed by atoms with Crippen molar-refractivity contribution in [1.29, 1.82) is 0 Å². The first-order valence-electron chi connectivity index (χ1n) is 13.5. The molecule has 1 amide bonds. The monoisotopic (exact) mass is 531 g/mol. The second kappa shape index (κ2) is 11.1. The highest BCUT2D eigenvalue weighted by Crippen LogP contribution is 2.33. The van der Waals surface area contributed by atoms with Crippen molar-refractivity contribution in [3.05, 3.63) is 54.4 Å². The number of aryl methyl sites for hydroxylation is 1. The Bertz CT molecular complexity index is 1470. The molecule has 1 aromatic carbocycles. The van der Waals surface area contributed by atoms with Crippen LogP contribution in [0, 0.1) is 6.92 Å². The summed E-state index contributed by atoms with van der Waals surface area (Å²) >= 11 is 0. The number of rotatable bonds is 7. The Labute approximate surface area is 229 Å². The second-order valence-corrected chi connectivity index (χ2v) is 11.0. The highest BCUT2D eigenvalue weighted by atomic mass is 16.6. The average molecular weight is 532 g/mol. The van der Waals surface area contributed by atoms with E-state index < -0.39 is 5.60 Å². The Morgan fingerprint density at radius 1 is 1.13 bits per heavy atom. The number of alkyl carbamates (subject to hydrolysis) is 1. The Morgan fingerprint density at radius 2 is 1.92 bits per heavy atom. The molecule has 9 nitrogen and oxygen atoms in total. The van der Waals surface area contributed by atoms with Crippen LogP contribution in [0.25, 0.3) is 27.9 Å². The zero-order chi connectivity index (χ0) is 27.6. The molecule has 3 aromatic heterocycles. The molecule has 0 aliphatic carbocycles. The molecule has 0 spiro atoms. The van der Waals surface area contributed by atoms with Gasteiger partial charge < -0.3 is 24.4 Å². The van der Waals surface area contributed by atoms with Crippen LogP contribution in [0.5, 0.6) is 5.75 Å². The number of carbonyl (C=O) groups excluding carboxylic acids is 1. The molecule has 0 radical (unpaired) electrons. The molecule has 9 heteroatoms. The van der Waals surface area contributed by atoms with Gasteiger partial charge in [-0.1, -0.05) is 12.1 Å². The largest absolute Gasteiger partial charge is 0.491 e. The Balaban J connectivity index is 1.38. The van der Waals surface area contributed by atoms with E-state index in [1.165, 1.54) is 0 Å². The van der Waals surface area contributed by atoms with Crippen molar-refractivity contribution in [1.82, 2.24) is 19.7 Å². The molecular weight excluding hydrogens is 494 g/mol. The van der Waals surface area contributed by atoms with Gasteiger partial charge in [-0.15, -0.1) is 0 Å². The lowest BCUT2D eigenvalue weighted by atomic mass is 10.0. The third-order valence-electron chi connectivity index (χ3n) is 6.88. The van der Waals surface area contributed by atoms with E-state index in [1.54, 1.807) is 7.11 Å². The molecule has 1 aliphatic rings. The lowest BCUT2D eigenvalue weighted by Crippen LogP contribution is -2.46. The van der Waals surface area contributed by atoms with Crippen molar-refractivity contribution >= 4 is 28.3 Å². The number of methoxy groups -OCH3 is 1. The van der Waals surface area contributed by atoms with Crippen LogP contribution in [0.15, 0.2) is 48.8 Å². The summed E-state index contributed by atoms with van der Waals surface area (Å²) in [5.74, 6) is 0.756. The van der Waals surface area contributed by atoms with E-state index in [2.05, 4.69) is 46.4 Å². The maximum absolute atomic E-state index is 12.2. The third kappa shape index (κ3) is 6.09. The maximum atomic E-state index is 12.2. The fourth-order valence-corrected chi connectivity index (χ4v) is 5.01. The molecule has 0 atom stereocenters. The van der Waals surface area contributed by atoms with Gasteiger partial charge in [0.25, 0.3) is 0 Å². The number of nitrogens with one attached hydrogen (secondary N) is 1. The summed E-state index contributed by atoms with van der Waals surface area (Å²) in [4.78, 5) is 24.4. The molecule has 1 aliphatic heterocycles. The number of anilines is 1. The molecule has 206 valence electrons. The smallest absolute Gasteiger partial charge is 0.407 e. The fourth-order valence-electron chi connectivity index (χ4n) is 5.01. The topological polar surface area (TPSA) is 90.2 Å². The van der Waals surface area contributed by atoms with Gasteiger partial charge in [-0.25, -0.2) is 14.8 Å². The zero-order valence-electron chi connectivity index (χ0n) is 23.4. The van der Waals surface area contributed by atoms with Crippen LogP contribution >= 0.6 is 0 Å². The number of ether oxygens (including phenoxy) is 3. The van der Waals surface area contributed by atoms with Crippen molar-refractivity contribution in [2.45, 2.75) is 52.2 Å². The minimum Gasteiger partial charge on any atom is -0.491 e. The number of benzene rings is 1. The number of piperidine rings is 1. The number of aromatic nitrogens is 3. The van der Waals surface area contributed by atoms with E-state index >= 15 is 0 Å². The van der Waals surface area contributed by atoms with Crippen molar-refractivity contribution < 1.29 is 19.0 Å². The number of nitrogens with zero attached hydrogens (tertiary/aromatic N) is 4. The molecule has 1 fully saturated rings. The summed E-state index contributed by atoms with van der Waals surface area (Å²) < 4.78 is 18.3. The number of pyridine rings is 2. The molecule has 1 saturated heterocycles. The van der Waals surface area contributed by atoms with Crippen molar-refractivity contribution in [2.75, 3.05) is 38.3 Å². The molecule has 0 unspecified atom stereocenters. The minimum atomic E-state index is -0.504. The van der Waals surface area contributed by atoms with E-state index in [4.69, 9.17) is 19.2 Å². The summed E-state index contributed by atoms with van der Waals surface area (Å²) in [5.41, 5.74) is 5.33. The normalized spacial score (nSPS) is 14.6. The Kier molecular flexibility index (Phi) is 7.61. The number of para-hydroxylation sites is 1. The van der Waals surface area contributed by atoms with Gasteiger partial charge in [0.2, 0.25) is 0 Å². The standard InChI is InChI=1S/C30H37N5O4/c1-20-17-24(26-19-31-27-18-22(11-14-35(26)27)38-16-15-37-5)33-28-23(20)7-6-8-25(28)34-12-9-21(10-13-34)32-29(36)39-30(2,3)4/h6-8,11,14,17-19,21H,9-10,12-13,15-16H2,1-5H3,(H,32,36). The van der Waals surface area contributed by atoms with Crippen LogP contribution in [0.3, 0.4) is 0 Å². The summed E-state index contributed by atoms with van der Waals surface area (Å²) in [6.07, 6.45) is 5.16. The van der Waals surface area contributed by atoms with Crippen LogP contribution in [-0.2, 0) is 9.47 Å². The van der Waals surface area contributed by atoms with E-state index in [1.807, 2.05) is 49.7 Å². The fraction of sp³-hybridized carbons (Fsp3) is 0.433. The average Bonchev–Trinajstić information content (AvgIpc) is 3.31. The number of imidazole rings is 1. The predicted molar refractivity (Wildman–Crippen MR) is 153 cm³/mol. The molecular formula is C30H37N5O4. The predicted octanol–water partition coefficient (Wildman–Crippen LogP) is 5.38. The molecule has 5 rings (SSSR count).